The summed E-state index contributed by atoms with van der Waals surface area (Å²) in [5.74, 6) is 1.76. The van der Waals surface area contributed by atoms with Crippen LogP contribution in [0.4, 0.5) is 17.1 Å². The maximum Gasteiger partial charge on any atom is 0.256 e. The number of fused-ring (bicyclic) bond motifs is 9. The van der Waals surface area contributed by atoms with Gasteiger partial charge in [-0.2, -0.15) is 0 Å². The molecule has 0 amide bonds. The van der Waals surface area contributed by atoms with E-state index < -0.39 is 0 Å². The molecule has 16 rings (SSSR count). The minimum atomic E-state index is -0.213. The Labute approximate surface area is 478 Å². The van der Waals surface area contributed by atoms with Crippen LogP contribution in [-0.4, -0.2) is 11.3 Å². The number of para-hydroxylation sites is 3. The molecule has 0 unspecified atom stereocenters. The molecule has 3 heterocycles. The third-order valence-corrected chi connectivity index (χ3v) is 17.4. The summed E-state index contributed by atoms with van der Waals surface area (Å²) in [7, 11) is 0. The Morgan fingerprint density at radius 2 is 0.829 bits per heavy atom. The second-order valence-corrected chi connectivity index (χ2v) is 23.1. The molecule has 82 heavy (non-hydrogen) atoms. The lowest BCUT2D eigenvalue weighted by molar-refractivity contribution is 0.483. The maximum atomic E-state index is 7.47. The summed E-state index contributed by atoms with van der Waals surface area (Å²) in [5, 5.41) is 7.40. The molecule has 1 aromatic heterocycles. The van der Waals surface area contributed by atoms with Crippen molar-refractivity contribution in [2.45, 2.75) is 26.2 Å². The highest BCUT2D eigenvalue weighted by molar-refractivity contribution is 6.99. The Morgan fingerprint density at radius 3 is 1.41 bits per heavy atom. The van der Waals surface area contributed by atoms with Gasteiger partial charge in [0.1, 0.15) is 11.5 Å². The van der Waals surface area contributed by atoms with Gasteiger partial charge in [-0.3, -0.25) is 0 Å². The van der Waals surface area contributed by atoms with Crippen molar-refractivity contribution in [2.24, 2.45) is 0 Å². The Hall–Kier alpha value is -10.2. The van der Waals surface area contributed by atoms with Crippen molar-refractivity contribution < 1.29 is 4.74 Å². The number of nitrogens with zero attached hydrogens (tertiary/aromatic N) is 2. The van der Waals surface area contributed by atoms with Crippen LogP contribution in [0.3, 0.4) is 0 Å². The van der Waals surface area contributed by atoms with Gasteiger partial charge < -0.3 is 14.2 Å². The van der Waals surface area contributed by atoms with Crippen LogP contribution in [0.25, 0.3) is 105 Å². The lowest BCUT2D eigenvalue weighted by atomic mass is 9.34. The number of hydrogen-bond acceptors (Lipinski definition) is 2. The van der Waals surface area contributed by atoms with Crippen molar-refractivity contribution in [1.82, 2.24) is 4.57 Å². The van der Waals surface area contributed by atoms with Crippen LogP contribution in [0, 0.1) is 0 Å². The Bertz CT molecular complexity index is 4760. The molecule has 386 valence electrons. The zero-order valence-corrected chi connectivity index (χ0v) is 45.9. The van der Waals surface area contributed by atoms with Crippen LogP contribution in [0.1, 0.15) is 26.3 Å². The summed E-state index contributed by atoms with van der Waals surface area (Å²) < 4.78 is 9.86. The van der Waals surface area contributed by atoms with E-state index in [0.29, 0.717) is 0 Å². The molecular formula is C78H55BN2O. The van der Waals surface area contributed by atoms with E-state index in [2.05, 4.69) is 309 Å². The highest BCUT2D eigenvalue weighted by Gasteiger charge is 2.44. The van der Waals surface area contributed by atoms with Crippen LogP contribution in [-0.2, 0) is 5.41 Å². The van der Waals surface area contributed by atoms with Gasteiger partial charge in [-0.1, -0.05) is 251 Å². The van der Waals surface area contributed by atoms with Crippen molar-refractivity contribution >= 4 is 83.5 Å². The Balaban J connectivity index is 0.987. The molecule has 3 nitrogen and oxygen atoms in total. The van der Waals surface area contributed by atoms with Crippen LogP contribution in [0.15, 0.2) is 279 Å². The van der Waals surface area contributed by atoms with Crippen LogP contribution < -0.4 is 26.0 Å². The predicted molar refractivity (Wildman–Crippen MR) is 348 cm³/mol. The molecule has 2 aliphatic rings. The fraction of sp³-hybridized carbons (Fsp3) is 0.0513. The summed E-state index contributed by atoms with van der Waals surface area (Å²) in [6.07, 6.45) is 0. The van der Waals surface area contributed by atoms with Crippen molar-refractivity contribution in [3.63, 3.8) is 0 Å². The van der Waals surface area contributed by atoms with Crippen LogP contribution in [0.2, 0.25) is 0 Å². The van der Waals surface area contributed by atoms with E-state index >= 15 is 0 Å². The van der Waals surface area contributed by atoms with Crippen LogP contribution >= 0.6 is 0 Å². The lowest BCUT2D eigenvalue weighted by Crippen LogP contribution is -2.59. The first-order valence-corrected chi connectivity index (χ1v) is 28.6. The minimum absolute atomic E-state index is 0.139. The van der Waals surface area contributed by atoms with Gasteiger partial charge in [-0.25, -0.2) is 0 Å². The fourth-order valence-corrected chi connectivity index (χ4v) is 13.6. The summed E-state index contributed by atoms with van der Waals surface area (Å²) in [6, 6.07) is 103. The normalized spacial score (nSPS) is 12.6. The van der Waals surface area contributed by atoms with Gasteiger partial charge in [-0.05, 0) is 136 Å². The summed E-state index contributed by atoms with van der Waals surface area (Å²) in [5.41, 5.74) is 23.1. The molecule has 0 N–H and O–H groups in total. The summed E-state index contributed by atoms with van der Waals surface area (Å²) >= 11 is 0. The van der Waals surface area contributed by atoms with Gasteiger partial charge in [0, 0.05) is 45.0 Å². The van der Waals surface area contributed by atoms with Gasteiger partial charge in [0.2, 0.25) is 0 Å². The molecule has 0 atom stereocenters. The average molecular weight is 1050 g/mol. The van der Waals surface area contributed by atoms with E-state index in [1.165, 1.54) is 82.1 Å². The first kappa shape index (κ1) is 47.8. The SMILES string of the molecule is CC(C)(C)c1cc2c3c(c1)N(c1c(-c4ccccc4)cccc1-c1ccccc1)c1cc(-c4ccc5c(-c6ccccc6)c6ccccc6c(-c6ccccc6)c5c4)ccc1B3c1ccc(-n3c4ccccc4c4ccccc43)cc1O2. The van der Waals surface area contributed by atoms with Crippen molar-refractivity contribution in [2.75, 3.05) is 4.90 Å². The first-order chi connectivity index (χ1) is 40.3. The number of hydrogen-bond donors (Lipinski definition) is 0. The van der Waals surface area contributed by atoms with E-state index in [0.717, 1.165) is 73.1 Å². The largest absolute Gasteiger partial charge is 0.458 e. The van der Waals surface area contributed by atoms with Gasteiger partial charge >= 0.3 is 0 Å². The van der Waals surface area contributed by atoms with E-state index in [-0.39, 0.29) is 12.1 Å². The molecule has 0 saturated heterocycles. The van der Waals surface area contributed by atoms with Gasteiger partial charge in [0.15, 0.2) is 0 Å². The van der Waals surface area contributed by atoms with E-state index in [4.69, 9.17) is 4.74 Å². The van der Waals surface area contributed by atoms with Crippen molar-refractivity contribution in [3.05, 3.63) is 285 Å². The summed E-state index contributed by atoms with van der Waals surface area (Å²) in [4.78, 5) is 2.60. The second kappa shape index (κ2) is 18.7. The Kier molecular flexibility index (Phi) is 10.9. The number of anilines is 3. The number of ether oxygens (including phenoxy) is 1. The molecule has 14 aromatic rings. The predicted octanol–water partition coefficient (Wildman–Crippen LogP) is 19.1. The van der Waals surface area contributed by atoms with Crippen molar-refractivity contribution in [3.8, 4) is 72.8 Å². The Morgan fingerprint density at radius 1 is 0.341 bits per heavy atom. The molecule has 0 radical (unpaired) electrons. The van der Waals surface area contributed by atoms with E-state index in [1.54, 1.807) is 0 Å². The minimum Gasteiger partial charge on any atom is -0.458 e. The molecule has 4 heteroatoms. The third kappa shape index (κ3) is 7.52. The number of benzene rings is 13. The molecular weight excluding hydrogens is 992 g/mol. The zero-order valence-electron chi connectivity index (χ0n) is 45.9. The molecule has 0 fully saturated rings. The van der Waals surface area contributed by atoms with Gasteiger partial charge in [-0.15, -0.1) is 0 Å². The highest BCUT2D eigenvalue weighted by atomic mass is 16.5. The maximum absolute atomic E-state index is 7.47. The first-order valence-electron chi connectivity index (χ1n) is 28.6. The van der Waals surface area contributed by atoms with Gasteiger partial charge in [0.25, 0.3) is 6.71 Å². The number of aromatic nitrogens is 1. The van der Waals surface area contributed by atoms with E-state index in [1.807, 2.05) is 0 Å². The highest BCUT2D eigenvalue weighted by Crippen LogP contribution is 2.51. The standard InChI is InChI=1S/C78H55BN2O/c1-78(2,3)56-47-71-76-73(48-56)82-72-49-57(80-68-37-20-18-31-60(68)61-32-19-21-38-69(61)80)41-44-67(72)79(76)66-43-40-55(46-70(66)81(71)77-58(50-23-8-4-9-24-50)35-22-36-59(77)51-25-10-5-11-26-51)54-39-42-64-65(45-54)75(53-29-14-7-15-30-53)63-34-17-16-33-62(63)74(64)52-27-12-6-13-28-52/h4-49H,1-3H3. The second-order valence-electron chi connectivity index (χ2n) is 23.1. The fourth-order valence-electron chi connectivity index (χ4n) is 13.6. The summed E-state index contributed by atoms with van der Waals surface area (Å²) in [6.45, 7) is 6.82. The molecule has 0 bridgehead atoms. The third-order valence-electron chi connectivity index (χ3n) is 17.4. The molecule has 0 saturated carbocycles. The molecule has 0 spiro atoms. The molecule has 2 aliphatic heterocycles. The van der Waals surface area contributed by atoms with Crippen molar-refractivity contribution in [1.29, 1.82) is 0 Å². The quantitative estimate of drug-likeness (QED) is 0.117. The monoisotopic (exact) mass is 1050 g/mol. The molecule has 13 aromatic carbocycles. The number of rotatable bonds is 7. The van der Waals surface area contributed by atoms with Gasteiger partial charge in [0.05, 0.1) is 16.7 Å². The van der Waals surface area contributed by atoms with E-state index in [9.17, 15) is 0 Å². The topological polar surface area (TPSA) is 17.4 Å². The smallest absolute Gasteiger partial charge is 0.256 e. The average Bonchev–Trinajstić information content (AvgIpc) is 1.49. The molecule has 0 aliphatic carbocycles. The van der Waals surface area contributed by atoms with Crippen LogP contribution in [0.5, 0.6) is 11.5 Å². The lowest BCUT2D eigenvalue weighted by Gasteiger charge is -2.42. The zero-order chi connectivity index (χ0) is 54.6.